The first-order valence-corrected chi connectivity index (χ1v) is 6.56. The van der Waals surface area contributed by atoms with E-state index in [2.05, 4.69) is 4.74 Å². The molecule has 0 saturated carbocycles. The van der Waals surface area contributed by atoms with Gasteiger partial charge in [0.05, 0.1) is 29.6 Å². The Bertz CT molecular complexity index is 910. The van der Waals surface area contributed by atoms with Gasteiger partial charge in [0.25, 0.3) is 5.78 Å². The Kier molecular flexibility index (Phi) is 4.43. The van der Waals surface area contributed by atoms with Crippen LogP contribution in [0.2, 0.25) is 0 Å². The SMILES string of the molecule is COC(=O)c1c(N)c(C#N)cn1-c1cccc(O)c1C(=O)C(F)(F)F. The van der Waals surface area contributed by atoms with Crippen LogP contribution in [0.5, 0.6) is 5.75 Å². The van der Waals surface area contributed by atoms with Crippen LogP contribution in [0, 0.1) is 11.3 Å². The Morgan fingerprint density at radius 3 is 2.52 bits per heavy atom. The number of nitriles is 1. The number of nitrogen functional groups attached to an aromatic ring is 1. The Labute approximate surface area is 138 Å². The van der Waals surface area contributed by atoms with Crippen molar-refractivity contribution in [2.75, 3.05) is 12.8 Å². The van der Waals surface area contributed by atoms with Crippen molar-refractivity contribution in [1.29, 1.82) is 5.26 Å². The van der Waals surface area contributed by atoms with Gasteiger partial charge in [0, 0.05) is 6.20 Å². The van der Waals surface area contributed by atoms with Crippen molar-refractivity contribution in [2.24, 2.45) is 0 Å². The highest BCUT2D eigenvalue weighted by Crippen LogP contribution is 2.34. The van der Waals surface area contributed by atoms with Crippen molar-refractivity contribution in [3.05, 3.63) is 41.2 Å². The number of aromatic hydroxyl groups is 1. The van der Waals surface area contributed by atoms with Crippen LogP contribution in [0.4, 0.5) is 18.9 Å². The van der Waals surface area contributed by atoms with Gasteiger partial charge in [0.1, 0.15) is 11.8 Å². The largest absolute Gasteiger partial charge is 0.507 e. The summed E-state index contributed by atoms with van der Waals surface area (Å²) >= 11 is 0. The number of phenols is 1. The number of esters is 1. The average molecular weight is 353 g/mol. The highest BCUT2D eigenvalue weighted by atomic mass is 19.4. The first-order valence-electron chi connectivity index (χ1n) is 6.56. The number of alkyl halides is 3. The molecule has 130 valence electrons. The van der Waals surface area contributed by atoms with Crippen LogP contribution in [0.25, 0.3) is 5.69 Å². The van der Waals surface area contributed by atoms with E-state index in [-0.39, 0.29) is 11.3 Å². The third-order valence-electron chi connectivity index (χ3n) is 3.31. The Hall–Kier alpha value is -3.48. The lowest BCUT2D eigenvalue weighted by Crippen LogP contribution is -2.25. The molecule has 0 saturated heterocycles. The summed E-state index contributed by atoms with van der Waals surface area (Å²) in [5.41, 5.74) is 3.12. The van der Waals surface area contributed by atoms with Crippen molar-refractivity contribution in [1.82, 2.24) is 4.57 Å². The summed E-state index contributed by atoms with van der Waals surface area (Å²) in [7, 11) is 1.01. The maximum Gasteiger partial charge on any atom is 0.455 e. The van der Waals surface area contributed by atoms with E-state index >= 15 is 0 Å². The zero-order chi connectivity index (χ0) is 18.9. The van der Waals surface area contributed by atoms with Crippen molar-refractivity contribution in [3.63, 3.8) is 0 Å². The van der Waals surface area contributed by atoms with Gasteiger partial charge >= 0.3 is 12.1 Å². The minimum absolute atomic E-state index is 0.214. The third kappa shape index (κ3) is 2.99. The fourth-order valence-corrected chi connectivity index (χ4v) is 2.21. The fourth-order valence-electron chi connectivity index (χ4n) is 2.21. The van der Waals surface area contributed by atoms with Gasteiger partial charge in [-0.25, -0.2) is 4.79 Å². The predicted molar refractivity (Wildman–Crippen MR) is 78.3 cm³/mol. The Morgan fingerprint density at radius 2 is 2.00 bits per heavy atom. The van der Waals surface area contributed by atoms with Crippen LogP contribution in [-0.4, -0.2) is 34.7 Å². The molecule has 0 aliphatic heterocycles. The van der Waals surface area contributed by atoms with E-state index in [0.717, 1.165) is 30.0 Å². The molecule has 1 heterocycles. The number of carbonyl (C=O) groups is 2. The quantitative estimate of drug-likeness (QED) is 0.645. The number of benzene rings is 1. The molecule has 7 nitrogen and oxygen atoms in total. The highest BCUT2D eigenvalue weighted by molar-refractivity contribution is 6.06. The van der Waals surface area contributed by atoms with Gasteiger partial charge in [-0.15, -0.1) is 0 Å². The van der Waals surface area contributed by atoms with Crippen molar-refractivity contribution in [2.45, 2.75) is 6.18 Å². The second-order valence-electron chi connectivity index (χ2n) is 4.78. The van der Waals surface area contributed by atoms with Crippen LogP contribution in [0.15, 0.2) is 24.4 Å². The molecule has 2 rings (SSSR count). The number of nitrogens with zero attached hydrogens (tertiary/aromatic N) is 2. The minimum Gasteiger partial charge on any atom is -0.507 e. The number of Topliss-reactive ketones (excluding diaryl/α,β-unsaturated/α-hetero) is 1. The Balaban J connectivity index is 2.86. The summed E-state index contributed by atoms with van der Waals surface area (Å²) < 4.78 is 43.9. The second kappa shape index (κ2) is 6.20. The number of hydrogen-bond acceptors (Lipinski definition) is 6. The third-order valence-corrected chi connectivity index (χ3v) is 3.31. The molecule has 10 heteroatoms. The summed E-state index contributed by atoms with van der Waals surface area (Å²) in [6.07, 6.45) is -4.29. The average Bonchev–Trinajstić information content (AvgIpc) is 2.88. The lowest BCUT2D eigenvalue weighted by atomic mass is 10.1. The Morgan fingerprint density at radius 1 is 1.36 bits per heavy atom. The number of phenolic OH excluding ortho intramolecular Hbond substituents is 1. The molecule has 2 aromatic rings. The highest BCUT2D eigenvalue weighted by Gasteiger charge is 2.42. The normalized spacial score (nSPS) is 11.0. The number of halogens is 3. The van der Waals surface area contributed by atoms with Crippen molar-refractivity contribution < 1.29 is 32.6 Å². The number of methoxy groups -OCH3 is 1. The molecular formula is C15H10F3N3O4. The van der Waals surface area contributed by atoms with Gasteiger partial charge in [-0.3, -0.25) is 4.79 Å². The van der Waals surface area contributed by atoms with Crippen molar-refractivity contribution in [3.8, 4) is 17.5 Å². The molecule has 0 radical (unpaired) electrons. The van der Waals surface area contributed by atoms with E-state index < -0.39 is 40.6 Å². The van der Waals surface area contributed by atoms with E-state index in [1.54, 1.807) is 6.07 Å². The number of carbonyl (C=O) groups excluding carboxylic acids is 2. The van der Waals surface area contributed by atoms with Crippen LogP contribution in [-0.2, 0) is 4.74 Å². The van der Waals surface area contributed by atoms with Crippen molar-refractivity contribution >= 4 is 17.4 Å². The lowest BCUT2D eigenvalue weighted by molar-refractivity contribution is -0.0886. The molecule has 3 N–H and O–H groups in total. The first kappa shape index (κ1) is 17.9. The smallest absolute Gasteiger partial charge is 0.455 e. The van der Waals surface area contributed by atoms with E-state index in [1.165, 1.54) is 6.07 Å². The molecule has 0 unspecified atom stereocenters. The molecule has 0 spiro atoms. The van der Waals surface area contributed by atoms with Crippen LogP contribution < -0.4 is 5.73 Å². The zero-order valence-electron chi connectivity index (χ0n) is 12.6. The molecule has 0 fully saturated rings. The number of nitrogens with two attached hydrogens (primary N) is 1. The first-order chi connectivity index (χ1) is 11.6. The number of anilines is 1. The molecule has 0 aliphatic carbocycles. The van der Waals surface area contributed by atoms with Crippen LogP contribution in [0.3, 0.4) is 0 Å². The number of aromatic nitrogens is 1. The monoisotopic (exact) mass is 353 g/mol. The molecule has 25 heavy (non-hydrogen) atoms. The van der Waals surface area contributed by atoms with E-state index in [1.807, 2.05) is 0 Å². The van der Waals surface area contributed by atoms with E-state index in [9.17, 15) is 27.9 Å². The number of ether oxygens (including phenoxy) is 1. The van der Waals surface area contributed by atoms with E-state index in [4.69, 9.17) is 11.0 Å². The van der Waals surface area contributed by atoms with E-state index in [0.29, 0.717) is 0 Å². The summed E-state index contributed by atoms with van der Waals surface area (Å²) in [5.74, 6) is -4.30. The van der Waals surface area contributed by atoms with Gasteiger partial charge in [-0.2, -0.15) is 18.4 Å². The summed E-state index contributed by atoms with van der Waals surface area (Å²) in [6, 6.07) is 4.79. The maximum absolute atomic E-state index is 12.8. The number of hydrogen-bond donors (Lipinski definition) is 2. The van der Waals surface area contributed by atoms with Crippen LogP contribution in [0.1, 0.15) is 26.4 Å². The van der Waals surface area contributed by atoms with Gasteiger partial charge in [0.2, 0.25) is 0 Å². The predicted octanol–water partition coefficient (Wildman–Crippen LogP) is 2.17. The molecule has 0 atom stereocenters. The molecule has 0 aliphatic rings. The van der Waals surface area contributed by atoms with Gasteiger partial charge in [0.15, 0.2) is 5.69 Å². The summed E-state index contributed by atoms with van der Waals surface area (Å²) in [6.45, 7) is 0. The lowest BCUT2D eigenvalue weighted by Gasteiger charge is -2.15. The second-order valence-corrected chi connectivity index (χ2v) is 4.78. The van der Waals surface area contributed by atoms with Gasteiger partial charge in [-0.05, 0) is 12.1 Å². The minimum atomic E-state index is -5.27. The fraction of sp³-hybridized carbons (Fsp3) is 0.133. The maximum atomic E-state index is 12.8. The molecule has 0 bridgehead atoms. The zero-order valence-corrected chi connectivity index (χ0v) is 12.6. The summed E-state index contributed by atoms with van der Waals surface area (Å²) in [4.78, 5) is 23.6. The number of rotatable bonds is 3. The molecule has 0 amide bonds. The van der Waals surface area contributed by atoms with Crippen LogP contribution >= 0.6 is 0 Å². The molecular weight excluding hydrogens is 343 g/mol. The van der Waals surface area contributed by atoms with Gasteiger partial charge in [-0.1, -0.05) is 6.07 Å². The molecule has 1 aromatic carbocycles. The molecule has 1 aromatic heterocycles. The standard InChI is InChI=1S/C15H10F3N3O4/c1-25-14(24)12-11(20)7(5-19)6-21(12)8-3-2-4-9(22)10(8)13(23)15(16,17)18/h2-4,6,22H,20H2,1H3. The summed E-state index contributed by atoms with van der Waals surface area (Å²) in [5, 5.41) is 18.8. The number of ketones is 1. The van der Waals surface area contributed by atoms with Gasteiger partial charge < -0.3 is 20.1 Å². The topological polar surface area (TPSA) is 118 Å².